The summed E-state index contributed by atoms with van der Waals surface area (Å²) in [5.41, 5.74) is 4.88. The molecule has 0 bridgehead atoms. The lowest BCUT2D eigenvalue weighted by Gasteiger charge is -2.10. The molecule has 0 aliphatic heterocycles. The number of carbonyl (C=O) groups is 1. The summed E-state index contributed by atoms with van der Waals surface area (Å²) < 4.78 is 28.2. The topological polar surface area (TPSA) is 105 Å². The number of fused-ring (bicyclic) bond motifs is 1. The minimum absolute atomic E-state index is 0.161. The fourth-order valence-electron chi connectivity index (χ4n) is 3.46. The van der Waals surface area contributed by atoms with E-state index in [-0.39, 0.29) is 17.5 Å². The summed E-state index contributed by atoms with van der Waals surface area (Å²) >= 11 is 0. The predicted octanol–water partition coefficient (Wildman–Crippen LogP) is 2.99. The smallest absolute Gasteiger partial charge is 0.315 e. The second-order valence-electron chi connectivity index (χ2n) is 7.57. The van der Waals surface area contributed by atoms with Gasteiger partial charge in [-0.25, -0.2) is 22.9 Å². The van der Waals surface area contributed by atoms with Gasteiger partial charge in [0.2, 0.25) is 10.0 Å². The van der Waals surface area contributed by atoms with Crippen LogP contribution in [0.3, 0.4) is 0 Å². The molecule has 0 aliphatic rings. The molecule has 1 heterocycles. The first-order chi connectivity index (χ1) is 15.9. The minimum atomic E-state index is -3.52. The molecule has 33 heavy (non-hydrogen) atoms. The van der Waals surface area contributed by atoms with Gasteiger partial charge in [0.05, 0.1) is 22.3 Å². The summed E-state index contributed by atoms with van der Waals surface area (Å²) in [5, 5.41) is 5.57. The van der Waals surface area contributed by atoms with Gasteiger partial charge in [-0.15, -0.1) is 0 Å². The van der Waals surface area contributed by atoms with Crippen LogP contribution in [0.4, 0.5) is 4.79 Å². The molecule has 0 radical (unpaired) electrons. The molecule has 4 aromatic rings. The number of urea groups is 1. The second-order valence-corrected chi connectivity index (χ2v) is 9.46. The number of sulfonamides is 1. The third-order valence-corrected chi connectivity index (χ3v) is 6.70. The van der Waals surface area contributed by atoms with E-state index in [9.17, 15) is 13.2 Å². The number of amides is 2. The van der Waals surface area contributed by atoms with Gasteiger partial charge in [-0.1, -0.05) is 48.5 Å². The van der Waals surface area contributed by atoms with Crippen molar-refractivity contribution in [1.82, 2.24) is 24.9 Å². The highest BCUT2D eigenvalue weighted by Gasteiger charge is 2.11. The molecule has 3 N–H and O–H groups in total. The highest BCUT2D eigenvalue weighted by molar-refractivity contribution is 7.89. The van der Waals surface area contributed by atoms with E-state index in [1.54, 1.807) is 12.1 Å². The van der Waals surface area contributed by atoms with Gasteiger partial charge in [0.1, 0.15) is 0 Å². The molecule has 0 aliphatic carbocycles. The maximum atomic E-state index is 12.2. The molecule has 8 nitrogen and oxygen atoms in total. The number of aromatic nitrogens is 2. The Morgan fingerprint density at radius 1 is 0.879 bits per heavy atom. The van der Waals surface area contributed by atoms with E-state index in [1.807, 2.05) is 48.8 Å². The quantitative estimate of drug-likeness (QED) is 0.374. The zero-order valence-electron chi connectivity index (χ0n) is 18.2. The summed E-state index contributed by atoms with van der Waals surface area (Å²) in [4.78, 5) is 16.7. The molecule has 0 saturated heterocycles. The largest absolute Gasteiger partial charge is 0.334 e. The van der Waals surface area contributed by atoms with Crippen molar-refractivity contribution in [2.75, 3.05) is 7.05 Å². The first-order valence-corrected chi connectivity index (χ1v) is 11.9. The summed E-state index contributed by atoms with van der Waals surface area (Å²) in [5.74, 6) is 0. The van der Waals surface area contributed by atoms with Crippen LogP contribution >= 0.6 is 0 Å². The number of rotatable bonds is 8. The van der Waals surface area contributed by atoms with Crippen molar-refractivity contribution in [2.45, 2.75) is 24.5 Å². The van der Waals surface area contributed by atoms with Crippen molar-refractivity contribution in [2.24, 2.45) is 0 Å². The summed E-state index contributed by atoms with van der Waals surface area (Å²) in [6, 6.07) is 22.2. The van der Waals surface area contributed by atoms with Crippen molar-refractivity contribution in [1.29, 1.82) is 0 Å². The van der Waals surface area contributed by atoms with Gasteiger partial charge in [-0.2, -0.15) is 0 Å². The molecule has 170 valence electrons. The van der Waals surface area contributed by atoms with Gasteiger partial charge in [0, 0.05) is 19.6 Å². The Kier molecular flexibility index (Phi) is 6.71. The lowest BCUT2D eigenvalue weighted by atomic mass is 10.1. The first-order valence-electron chi connectivity index (χ1n) is 10.5. The maximum Gasteiger partial charge on any atom is 0.315 e. The van der Waals surface area contributed by atoms with Crippen molar-refractivity contribution in [3.05, 3.63) is 95.8 Å². The van der Waals surface area contributed by atoms with Crippen LogP contribution in [0.1, 0.15) is 16.7 Å². The van der Waals surface area contributed by atoms with Crippen LogP contribution in [-0.2, 0) is 29.7 Å². The fraction of sp³-hybridized carbons (Fsp3) is 0.167. The van der Waals surface area contributed by atoms with E-state index in [0.29, 0.717) is 12.1 Å². The molecule has 2 amide bonds. The first kappa shape index (κ1) is 22.5. The molecule has 1 aromatic heterocycles. The van der Waals surface area contributed by atoms with E-state index in [1.165, 1.54) is 19.2 Å². The van der Waals surface area contributed by atoms with E-state index < -0.39 is 10.0 Å². The van der Waals surface area contributed by atoms with E-state index >= 15 is 0 Å². The Labute approximate surface area is 192 Å². The number of para-hydroxylation sites is 2. The molecular weight excluding hydrogens is 438 g/mol. The number of nitrogens with zero attached hydrogens (tertiary/aromatic N) is 2. The molecule has 9 heteroatoms. The summed E-state index contributed by atoms with van der Waals surface area (Å²) in [7, 11) is -2.16. The van der Waals surface area contributed by atoms with Crippen LogP contribution in [-0.4, -0.2) is 31.0 Å². The van der Waals surface area contributed by atoms with Crippen LogP contribution in [0.25, 0.3) is 11.0 Å². The zero-order chi connectivity index (χ0) is 23.3. The van der Waals surface area contributed by atoms with E-state index in [4.69, 9.17) is 0 Å². The van der Waals surface area contributed by atoms with Crippen LogP contribution in [0.5, 0.6) is 0 Å². The van der Waals surface area contributed by atoms with Crippen molar-refractivity contribution in [3.8, 4) is 0 Å². The Balaban J connectivity index is 1.28. The Hall–Kier alpha value is -3.69. The lowest BCUT2D eigenvalue weighted by Crippen LogP contribution is -2.34. The number of hydrogen-bond acceptors (Lipinski definition) is 4. The Morgan fingerprint density at radius 2 is 1.58 bits per heavy atom. The second kappa shape index (κ2) is 9.85. The Morgan fingerprint density at radius 3 is 2.33 bits per heavy atom. The Bertz CT molecular complexity index is 1360. The van der Waals surface area contributed by atoms with Crippen molar-refractivity contribution >= 4 is 27.1 Å². The van der Waals surface area contributed by atoms with Crippen LogP contribution in [0.2, 0.25) is 0 Å². The van der Waals surface area contributed by atoms with Crippen LogP contribution in [0.15, 0.2) is 84.0 Å². The minimum Gasteiger partial charge on any atom is -0.334 e. The molecule has 4 rings (SSSR count). The molecule has 0 unspecified atom stereocenters. The molecule has 0 spiro atoms. The number of benzene rings is 3. The standard InChI is InChI=1S/C24H25N5O3S/c1-25-33(31,32)21-6-4-5-20(13-21)15-27-24(30)26-14-18-9-11-19(12-10-18)16-29-17-28-22-7-2-3-8-23(22)29/h2-13,17,25H,14-16H2,1H3,(H2,26,27,30). The van der Waals surface area contributed by atoms with Crippen LogP contribution in [0, 0.1) is 0 Å². The fourth-order valence-corrected chi connectivity index (χ4v) is 4.26. The maximum absolute atomic E-state index is 12.2. The highest BCUT2D eigenvalue weighted by Crippen LogP contribution is 2.15. The molecule has 0 saturated carbocycles. The van der Waals surface area contributed by atoms with E-state index in [0.717, 1.165) is 28.7 Å². The number of nitrogens with one attached hydrogen (secondary N) is 3. The van der Waals surface area contributed by atoms with E-state index in [2.05, 4.69) is 31.0 Å². The molecule has 0 fully saturated rings. The van der Waals surface area contributed by atoms with Gasteiger partial charge in [0.25, 0.3) is 0 Å². The number of imidazole rings is 1. The normalized spacial score (nSPS) is 11.4. The monoisotopic (exact) mass is 463 g/mol. The zero-order valence-corrected chi connectivity index (χ0v) is 19.0. The van der Waals surface area contributed by atoms with Crippen LogP contribution < -0.4 is 15.4 Å². The van der Waals surface area contributed by atoms with Crippen molar-refractivity contribution < 1.29 is 13.2 Å². The highest BCUT2D eigenvalue weighted by atomic mass is 32.2. The third-order valence-electron chi connectivity index (χ3n) is 5.29. The van der Waals surface area contributed by atoms with Gasteiger partial charge < -0.3 is 15.2 Å². The summed E-state index contributed by atoms with van der Waals surface area (Å²) in [6.45, 7) is 1.32. The van der Waals surface area contributed by atoms with Gasteiger partial charge in [-0.05, 0) is 48.0 Å². The predicted molar refractivity (Wildman–Crippen MR) is 127 cm³/mol. The lowest BCUT2D eigenvalue weighted by molar-refractivity contribution is 0.240. The SMILES string of the molecule is CNS(=O)(=O)c1cccc(CNC(=O)NCc2ccc(Cn3cnc4ccccc43)cc2)c1. The summed E-state index contributed by atoms with van der Waals surface area (Å²) in [6.07, 6.45) is 1.84. The average molecular weight is 464 g/mol. The number of carbonyl (C=O) groups excluding carboxylic acids is 1. The average Bonchev–Trinajstić information content (AvgIpc) is 3.25. The molecular formula is C24H25N5O3S. The molecule has 3 aromatic carbocycles. The van der Waals surface area contributed by atoms with Gasteiger partial charge in [-0.3, -0.25) is 0 Å². The number of hydrogen-bond donors (Lipinski definition) is 3. The third kappa shape index (κ3) is 5.57. The van der Waals surface area contributed by atoms with Crippen molar-refractivity contribution in [3.63, 3.8) is 0 Å². The van der Waals surface area contributed by atoms with Gasteiger partial charge >= 0.3 is 6.03 Å². The van der Waals surface area contributed by atoms with Gasteiger partial charge in [0.15, 0.2) is 0 Å². The molecule has 0 atom stereocenters.